The fraction of sp³-hybridized carbons (Fsp3) is 0.483. The number of aromatic nitrogens is 3. The van der Waals surface area contributed by atoms with Crippen molar-refractivity contribution in [2.75, 3.05) is 11.2 Å². The summed E-state index contributed by atoms with van der Waals surface area (Å²) in [5.41, 5.74) is 1.15. The minimum absolute atomic E-state index is 0.0118. The molecule has 2 atom stereocenters. The van der Waals surface area contributed by atoms with Gasteiger partial charge in [0.25, 0.3) is 5.91 Å². The third kappa shape index (κ3) is 6.00. The molecule has 40 heavy (non-hydrogen) atoms. The number of amides is 1. The van der Waals surface area contributed by atoms with Gasteiger partial charge in [-0.05, 0) is 80.0 Å². The maximum atomic E-state index is 14.1. The molecule has 5 rings (SSSR count). The maximum absolute atomic E-state index is 14.1. The van der Waals surface area contributed by atoms with Gasteiger partial charge in [-0.2, -0.15) is 13.2 Å². The molecule has 0 spiro atoms. The Morgan fingerprint density at radius 1 is 1.18 bits per heavy atom. The molecule has 0 radical (unpaired) electrons. The Kier molecular flexibility index (Phi) is 7.89. The highest BCUT2D eigenvalue weighted by Crippen LogP contribution is 2.40. The molecule has 0 saturated heterocycles. The van der Waals surface area contributed by atoms with Crippen molar-refractivity contribution in [2.45, 2.75) is 75.5 Å². The molecule has 1 aliphatic heterocycles. The summed E-state index contributed by atoms with van der Waals surface area (Å²) in [7, 11) is 0.751. The van der Waals surface area contributed by atoms with Gasteiger partial charge in [0.2, 0.25) is 0 Å². The number of anilines is 1. The van der Waals surface area contributed by atoms with E-state index >= 15 is 0 Å². The molecule has 1 aliphatic carbocycles. The summed E-state index contributed by atoms with van der Waals surface area (Å²) in [6.45, 7) is 2.20. The third-order valence-electron chi connectivity index (χ3n) is 8.23. The van der Waals surface area contributed by atoms with Gasteiger partial charge in [-0.1, -0.05) is 12.1 Å². The fourth-order valence-corrected chi connectivity index (χ4v) is 6.43. The molecule has 1 N–H and O–H groups in total. The molecule has 11 heteroatoms. The number of aryl methyl sites for hydroxylation is 2. The Bertz CT molecular complexity index is 1430. The van der Waals surface area contributed by atoms with Crippen LogP contribution in [0.5, 0.6) is 0 Å². The molecule has 1 aromatic heterocycles. The van der Waals surface area contributed by atoms with Crippen LogP contribution in [0.2, 0.25) is 0 Å². The number of carbonyl (C=O) groups excluding carboxylic acids is 1. The van der Waals surface area contributed by atoms with Crippen LogP contribution >= 0.6 is 0 Å². The quantitative estimate of drug-likeness (QED) is 0.371. The lowest BCUT2D eigenvalue weighted by molar-refractivity contribution is -0.138. The van der Waals surface area contributed by atoms with E-state index in [1.807, 2.05) is 23.7 Å². The second-order valence-electron chi connectivity index (χ2n) is 11.2. The van der Waals surface area contributed by atoms with E-state index in [4.69, 9.17) is 0 Å². The monoisotopic (exact) mass is 573 g/mol. The number of benzene rings is 2. The summed E-state index contributed by atoms with van der Waals surface area (Å²) < 4.78 is 56.7. The number of hydrogen-bond donors (Lipinski definition) is 1. The van der Waals surface area contributed by atoms with Gasteiger partial charge in [0.1, 0.15) is 12.2 Å². The van der Waals surface area contributed by atoms with Crippen LogP contribution in [0.3, 0.4) is 0 Å². The van der Waals surface area contributed by atoms with Crippen LogP contribution in [0.15, 0.2) is 42.7 Å². The van der Waals surface area contributed by atoms with Crippen molar-refractivity contribution in [3.8, 4) is 0 Å². The van der Waals surface area contributed by atoms with Gasteiger partial charge in [0, 0.05) is 59.1 Å². The molecule has 0 bridgehead atoms. The molecule has 7 nitrogen and oxygen atoms in total. The predicted molar refractivity (Wildman–Crippen MR) is 148 cm³/mol. The van der Waals surface area contributed by atoms with Gasteiger partial charge < -0.3 is 14.8 Å². The van der Waals surface area contributed by atoms with E-state index in [2.05, 4.69) is 22.4 Å². The van der Waals surface area contributed by atoms with Crippen molar-refractivity contribution in [2.24, 2.45) is 7.05 Å². The number of fused-ring (bicyclic) bond motifs is 1. The van der Waals surface area contributed by atoms with E-state index < -0.39 is 28.4 Å². The first kappa shape index (κ1) is 28.5. The summed E-state index contributed by atoms with van der Waals surface area (Å²) >= 11 is 0. The van der Waals surface area contributed by atoms with Gasteiger partial charge >= 0.3 is 6.18 Å². The molecule has 2 heterocycles. The smallest absolute Gasteiger partial charge is 0.321 e. The molecule has 214 valence electrons. The summed E-state index contributed by atoms with van der Waals surface area (Å²) in [5.74, 6) is 0.369. The average Bonchev–Trinajstić information content (AvgIpc) is 3.45. The number of carbonyl (C=O) groups is 1. The Morgan fingerprint density at radius 2 is 1.95 bits per heavy atom. The van der Waals surface area contributed by atoms with Gasteiger partial charge in [0.05, 0.1) is 12.1 Å². The predicted octanol–water partition coefficient (Wildman–Crippen LogP) is 4.95. The van der Waals surface area contributed by atoms with Crippen LogP contribution in [-0.4, -0.2) is 41.9 Å². The summed E-state index contributed by atoms with van der Waals surface area (Å²) in [4.78, 5) is 14.9. The van der Waals surface area contributed by atoms with Crippen molar-refractivity contribution >= 4 is 22.4 Å². The highest BCUT2D eigenvalue weighted by Gasteiger charge is 2.41. The molecule has 3 aromatic rings. The van der Waals surface area contributed by atoms with Crippen molar-refractivity contribution in [1.82, 2.24) is 20.1 Å². The number of alkyl halides is 3. The van der Waals surface area contributed by atoms with Gasteiger partial charge in [0.15, 0.2) is 0 Å². The Hall–Kier alpha value is -3.05. The van der Waals surface area contributed by atoms with Gasteiger partial charge in [-0.25, -0.2) is 0 Å². The minimum Gasteiger partial charge on any atom is -0.321 e. The minimum atomic E-state index is -4.57. The second-order valence-corrected chi connectivity index (χ2v) is 12.9. The third-order valence-corrected chi connectivity index (χ3v) is 9.57. The fourth-order valence-electron chi connectivity index (χ4n) is 5.55. The van der Waals surface area contributed by atoms with Crippen molar-refractivity contribution in [3.05, 3.63) is 76.4 Å². The van der Waals surface area contributed by atoms with Crippen molar-refractivity contribution < 1.29 is 22.2 Å². The van der Waals surface area contributed by atoms with E-state index in [9.17, 15) is 22.2 Å². The highest BCUT2D eigenvalue weighted by molar-refractivity contribution is 7.84. The highest BCUT2D eigenvalue weighted by atomic mass is 32.2. The van der Waals surface area contributed by atoms with Crippen molar-refractivity contribution in [1.29, 1.82) is 0 Å². The lowest BCUT2D eigenvalue weighted by atomic mass is 9.78. The Balaban J connectivity index is 1.36. The first-order valence-corrected chi connectivity index (χ1v) is 15.1. The zero-order valence-corrected chi connectivity index (χ0v) is 23.7. The maximum Gasteiger partial charge on any atom is 0.416 e. The first-order chi connectivity index (χ1) is 18.9. The van der Waals surface area contributed by atoms with Gasteiger partial charge in [-0.3, -0.25) is 9.00 Å². The lowest BCUT2D eigenvalue weighted by Gasteiger charge is -2.39. The molecule has 1 unspecified atom stereocenters. The summed E-state index contributed by atoms with van der Waals surface area (Å²) in [6, 6.07) is 10.0. The topological polar surface area (TPSA) is 80.1 Å². The zero-order chi connectivity index (χ0) is 28.7. The zero-order valence-electron chi connectivity index (χ0n) is 22.9. The van der Waals surface area contributed by atoms with Gasteiger partial charge in [-0.15, -0.1) is 10.2 Å². The molecule has 2 aromatic carbocycles. The number of rotatable bonds is 10. The van der Waals surface area contributed by atoms with Crippen molar-refractivity contribution in [3.63, 3.8) is 0 Å². The van der Waals surface area contributed by atoms with Crippen LogP contribution in [0.1, 0.15) is 71.0 Å². The molecule has 1 amide bonds. The van der Waals surface area contributed by atoms with E-state index in [0.717, 1.165) is 30.7 Å². The standard InChI is InChI=1S/C29H34F3N5O2S/c1-28(10-5-11-28)33-16-20-14-23-24(25(15-20)29(30,31)32)17-37(27(23)38)21-7-4-6-19(12-21)13-22(40(3)39)8-9-26-35-34-18-36(26)2/h4,6-7,12,14-15,18,22,33H,5,8-11,13,16-17H2,1-3H3/t22-,40?/m0/s1. The molecular weight excluding hydrogens is 539 g/mol. The van der Waals surface area contributed by atoms with E-state index in [1.165, 1.54) is 11.0 Å². The number of hydrogen-bond acceptors (Lipinski definition) is 5. The molecule has 1 saturated carbocycles. The number of halogens is 3. The van der Waals surface area contributed by atoms with E-state index in [0.29, 0.717) is 30.5 Å². The summed E-state index contributed by atoms with van der Waals surface area (Å²) in [5, 5.41) is 11.2. The van der Waals surface area contributed by atoms with Crippen LogP contribution in [-0.2, 0) is 50.0 Å². The molecule has 2 aliphatic rings. The van der Waals surface area contributed by atoms with E-state index in [-0.39, 0.29) is 35.0 Å². The Morgan fingerprint density at radius 3 is 2.58 bits per heavy atom. The first-order valence-electron chi connectivity index (χ1n) is 13.5. The second kappa shape index (κ2) is 11.1. The molecule has 1 fully saturated rings. The average molecular weight is 574 g/mol. The Labute approximate surface area is 234 Å². The van der Waals surface area contributed by atoms with E-state index in [1.54, 1.807) is 30.8 Å². The van der Waals surface area contributed by atoms with Crippen LogP contribution in [0, 0.1) is 0 Å². The summed E-state index contributed by atoms with van der Waals surface area (Å²) in [6.07, 6.45) is 3.56. The van der Waals surface area contributed by atoms with Crippen LogP contribution in [0.25, 0.3) is 0 Å². The SMILES string of the molecule is Cn1cnnc1CC[C@@H](Cc1cccc(N2Cc3c(cc(CNC4(C)CCC4)cc3C(F)(F)F)C2=O)c1)S(C)=O. The number of nitrogens with one attached hydrogen (secondary N) is 1. The largest absolute Gasteiger partial charge is 0.416 e. The molecular formula is C29H34F3N5O2S. The normalized spacial score (nSPS) is 17.9. The number of nitrogens with zero attached hydrogens (tertiary/aromatic N) is 4. The van der Waals surface area contributed by atoms with Crippen LogP contribution in [0.4, 0.5) is 18.9 Å². The lowest BCUT2D eigenvalue weighted by Crippen LogP contribution is -2.47. The van der Waals surface area contributed by atoms with Crippen LogP contribution < -0.4 is 10.2 Å².